The number of nitrogens with two attached hydrogens (primary N) is 1. The standard InChI is InChI=1S/C33H39N9O2/c1-23-38-31(30(34)20-36-22-37-40(2)35)32(39-26-12-16-28(44-3)17-13-26)33(43)42(23)27-14-10-24(11-15-27)29-9-5-4-8-25(29)21-41-18-6-7-19-41/h4-5,8-17,22,34,39H,6-7,18-21,35H2,1-3H3,(H,36,37)/p+1. The molecule has 4 aromatic rings. The van der Waals surface area contributed by atoms with Gasteiger partial charge in [-0.15, -0.1) is 0 Å². The van der Waals surface area contributed by atoms with Crippen molar-refractivity contribution in [1.29, 1.82) is 5.41 Å². The summed E-state index contributed by atoms with van der Waals surface area (Å²) in [5.41, 5.74) is 8.01. The minimum Gasteiger partial charge on any atom is -0.497 e. The molecule has 0 spiro atoms. The van der Waals surface area contributed by atoms with Crippen LogP contribution in [-0.4, -0.2) is 65.4 Å². The molecule has 0 amide bonds. The fraction of sp³-hybridized carbons (Fsp3) is 0.273. The maximum atomic E-state index is 14.1. The number of aromatic nitrogens is 2. The molecule has 3 aromatic carbocycles. The molecular weight excluding hydrogens is 554 g/mol. The van der Waals surface area contributed by atoms with Crippen molar-refractivity contribution < 1.29 is 9.73 Å². The third-order valence-corrected chi connectivity index (χ3v) is 7.59. The Bertz CT molecular complexity index is 1670. The molecule has 1 saturated heterocycles. The molecule has 6 N–H and O–H groups in total. The second kappa shape index (κ2) is 14.1. The quantitative estimate of drug-likeness (QED) is 0.0730. The number of benzene rings is 3. The first-order valence-corrected chi connectivity index (χ1v) is 14.7. The summed E-state index contributed by atoms with van der Waals surface area (Å²) in [4.78, 5) is 24.4. The summed E-state index contributed by atoms with van der Waals surface area (Å²) in [6, 6.07) is 23.8. The van der Waals surface area contributed by atoms with Gasteiger partial charge in [0.2, 0.25) is 6.34 Å². The van der Waals surface area contributed by atoms with Gasteiger partial charge in [0.25, 0.3) is 5.56 Å². The minimum atomic E-state index is -0.306. The number of hydrogen-bond donors (Lipinski definition) is 5. The molecular formula is C33H40N9O2+. The Morgan fingerprint density at radius 2 is 1.80 bits per heavy atom. The van der Waals surface area contributed by atoms with Gasteiger partial charge in [-0.05, 0) is 85.9 Å². The second-order valence-electron chi connectivity index (χ2n) is 10.8. The van der Waals surface area contributed by atoms with Gasteiger partial charge >= 0.3 is 0 Å². The molecule has 1 aromatic heterocycles. The second-order valence-corrected chi connectivity index (χ2v) is 10.8. The lowest BCUT2D eigenvalue weighted by Gasteiger charge is -2.18. The van der Waals surface area contributed by atoms with Crippen molar-refractivity contribution in [2.75, 3.05) is 39.1 Å². The summed E-state index contributed by atoms with van der Waals surface area (Å²) in [6.07, 6.45) is 4.03. The van der Waals surface area contributed by atoms with Crippen molar-refractivity contribution >= 4 is 23.4 Å². The summed E-state index contributed by atoms with van der Waals surface area (Å²) in [5, 5.41) is 13.2. The Hall–Kier alpha value is -4.84. The average molecular weight is 595 g/mol. The molecule has 11 nitrogen and oxygen atoms in total. The van der Waals surface area contributed by atoms with Crippen LogP contribution in [0.5, 0.6) is 5.75 Å². The van der Waals surface area contributed by atoms with Crippen molar-refractivity contribution in [3.05, 3.63) is 100 Å². The van der Waals surface area contributed by atoms with Gasteiger partial charge in [0.05, 0.1) is 12.8 Å². The number of anilines is 2. The number of methoxy groups -OCH3 is 1. The predicted octanol–water partition coefficient (Wildman–Crippen LogP) is 2.34. The van der Waals surface area contributed by atoms with Gasteiger partial charge in [-0.2, -0.15) is 5.43 Å². The molecule has 44 heavy (non-hydrogen) atoms. The Morgan fingerprint density at radius 3 is 2.48 bits per heavy atom. The Balaban J connectivity index is 1.49. The van der Waals surface area contributed by atoms with E-state index in [1.165, 1.54) is 35.4 Å². The Morgan fingerprint density at radius 1 is 1.09 bits per heavy atom. The molecule has 0 atom stereocenters. The highest BCUT2D eigenvalue weighted by Gasteiger charge is 2.20. The van der Waals surface area contributed by atoms with Crippen molar-refractivity contribution in [1.82, 2.24) is 25.0 Å². The van der Waals surface area contributed by atoms with Gasteiger partial charge in [0.1, 0.15) is 35.2 Å². The van der Waals surface area contributed by atoms with Crippen LogP contribution in [0.3, 0.4) is 0 Å². The molecule has 1 aliphatic heterocycles. The molecule has 5 rings (SSSR count). The van der Waals surface area contributed by atoms with E-state index in [0.29, 0.717) is 22.9 Å². The fourth-order valence-electron chi connectivity index (χ4n) is 5.38. The number of likely N-dealkylation sites (tertiary alicyclic amines) is 1. The zero-order valence-electron chi connectivity index (χ0n) is 25.4. The van der Waals surface area contributed by atoms with Crippen molar-refractivity contribution in [2.45, 2.75) is 26.3 Å². The summed E-state index contributed by atoms with van der Waals surface area (Å²) in [6.45, 7) is 5.11. The Labute approximate surface area is 257 Å². The van der Waals surface area contributed by atoms with Gasteiger partial charge in [0.15, 0.2) is 0 Å². The molecule has 0 unspecified atom stereocenters. The van der Waals surface area contributed by atoms with Gasteiger partial charge in [-0.1, -0.05) is 41.5 Å². The number of rotatable bonds is 12. The Kier molecular flexibility index (Phi) is 9.80. The molecule has 11 heteroatoms. The van der Waals surface area contributed by atoms with Crippen molar-refractivity contribution in [3.63, 3.8) is 0 Å². The normalized spacial score (nSPS) is 13.5. The van der Waals surface area contributed by atoms with E-state index in [4.69, 9.17) is 21.0 Å². The zero-order chi connectivity index (χ0) is 31.1. The van der Waals surface area contributed by atoms with E-state index in [2.05, 4.69) is 57.0 Å². The van der Waals surface area contributed by atoms with Gasteiger partial charge in [-0.25, -0.2) is 10.8 Å². The molecule has 2 heterocycles. The van der Waals surface area contributed by atoms with Crippen LogP contribution in [0.4, 0.5) is 11.4 Å². The van der Waals surface area contributed by atoms with Gasteiger partial charge in [0, 0.05) is 19.3 Å². The van der Waals surface area contributed by atoms with E-state index in [1.54, 1.807) is 37.8 Å². The summed E-state index contributed by atoms with van der Waals surface area (Å²) >= 11 is 0. The first-order valence-electron chi connectivity index (χ1n) is 14.7. The van der Waals surface area contributed by atoms with Crippen LogP contribution in [0, 0.1) is 12.3 Å². The fourth-order valence-corrected chi connectivity index (χ4v) is 5.38. The van der Waals surface area contributed by atoms with Crippen LogP contribution in [0.1, 0.15) is 29.9 Å². The zero-order valence-corrected chi connectivity index (χ0v) is 25.4. The van der Waals surface area contributed by atoms with Crippen LogP contribution in [0.15, 0.2) is 77.6 Å². The monoisotopic (exact) mass is 594 g/mol. The third-order valence-electron chi connectivity index (χ3n) is 7.59. The first-order chi connectivity index (χ1) is 21.3. The molecule has 228 valence electrons. The number of nitrogens with one attached hydrogen (secondary N) is 4. The van der Waals surface area contributed by atoms with Crippen molar-refractivity contribution in [2.24, 2.45) is 5.84 Å². The highest BCUT2D eigenvalue weighted by Crippen LogP contribution is 2.27. The van der Waals surface area contributed by atoms with E-state index in [9.17, 15) is 4.79 Å². The van der Waals surface area contributed by atoms with Crippen LogP contribution in [0.2, 0.25) is 0 Å². The molecule has 1 aliphatic rings. The topological polar surface area (TPSA) is 138 Å². The highest BCUT2D eigenvalue weighted by atomic mass is 16.5. The summed E-state index contributed by atoms with van der Waals surface area (Å²) < 4.78 is 6.86. The van der Waals surface area contributed by atoms with Crippen LogP contribution < -0.4 is 31.9 Å². The first kappa shape index (κ1) is 30.6. The van der Waals surface area contributed by atoms with Gasteiger partial charge in [-0.3, -0.25) is 24.7 Å². The lowest BCUT2D eigenvalue weighted by atomic mass is 9.99. The smallest absolute Gasteiger partial charge is 0.282 e. The van der Waals surface area contributed by atoms with Crippen LogP contribution >= 0.6 is 0 Å². The maximum Gasteiger partial charge on any atom is 0.282 e. The number of nitrogens with zero attached hydrogens (tertiary/aromatic N) is 4. The van der Waals surface area contributed by atoms with Crippen molar-refractivity contribution in [3.8, 4) is 22.6 Å². The lowest BCUT2D eigenvalue weighted by Crippen LogP contribution is -2.74. The number of hydrazine groups is 2. The van der Waals surface area contributed by atoms with E-state index >= 15 is 0 Å². The molecule has 1 fully saturated rings. The van der Waals surface area contributed by atoms with Crippen LogP contribution in [-0.2, 0) is 6.54 Å². The van der Waals surface area contributed by atoms with E-state index in [-0.39, 0.29) is 29.2 Å². The average Bonchev–Trinajstić information content (AvgIpc) is 3.54. The SMILES string of the molecule is COc1ccc(Nc2c(C(=N)C[NH+]=CNN(C)N)nc(C)n(-c3ccc(-c4ccccc4CN4CCCC4)cc3)c2=O)cc1. The highest BCUT2D eigenvalue weighted by molar-refractivity contribution is 6.02. The summed E-state index contributed by atoms with van der Waals surface area (Å²) in [7, 11) is 3.24. The lowest BCUT2D eigenvalue weighted by molar-refractivity contribution is -0.436. The number of hydrogen-bond acceptors (Lipinski definition) is 8. The summed E-state index contributed by atoms with van der Waals surface area (Å²) in [5.74, 6) is 6.73. The predicted molar refractivity (Wildman–Crippen MR) is 175 cm³/mol. The minimum absolute atomic E-state index is 0.125. The van der Waals surface area contributed by atoms with E-state index in [0.717, 1.165) is 25.2 Å². The maximum absolute atomic E-state index is 14.1. The molecule has 0 radical (unpaired) electrons. The molecule has 0 saturated carbocycles. The van der Waals surface area contributed by atoms with E-state index in [1.807, 2.05) is 24.3 Å². The molecule has 0 bridgehead atoms. The van der Waals surface area contributed by atoms with E-state index < -0.39 is 0 Å². The number of ether oxygens (including phenoxy) is 1. The number of aryl methyl sites for hydroxylation is 1. The van der Waals surface area contributed by atoms with Gasteiger partial charge < -0.3 is 10.1 Å². The third kappa shape index (κ3) is 7.20. The largest absolute Gasteiger partial charge is 0.497 e. The molecule has 0 aliphatic carbocycles. The van der Waals surface area contributed by atoms with Crippen LogP contribution in [0.25, 0.3) is 16.8 Å².